The van der Waals surface area contributed by atoms with Crippen LogP contribution in [0.25, 0.3) is 0 Å². The second-order valence-electron chi connectivity index (χ2n) is 11.7. The minimum atomic E-state index is -0.548. The number of rotatable bonds is 6. The lowest BCUT2D eigenvalue weighted by Crippen LogP contribution is -2.36. The van der Waals surface area contributed by atoms with Gasteiger partial charge < -0.3 is 15.3 Å². The van der Waals surface area contributed by atoms with Crippen LogP contribution in [0.5, 0.6) is 0 Å². The van der Waals surface area contributed by atoms with Gasteiger partial charge in [0.15, 0.2) is 0 Å². The van der Waals surface area contributed by atoms with Crippen molar-refractivity contribution in [1.29, 1.82) is 0 Å². The van der Waals surface area contributed by atoms with Gasteiger partial charge in [0.2, 0.25) is 0 Å². The first-order valence-electron chi connectivity index (χ1n) is 12.5. The van der Waals surface area contributed by atoms with E-state index in [-0.39, 0.29) is 5.92 Å². The van der Waals surface area contributed by atoms with Gasteiger partial charge in [-0.2, -0.15) is 0 Å². The number of aliphatic hydroxyl groups is 3. The average Bonchev–Trinajstić information content (AvgIpc) is 3.00. The largest absolute Gasteiger partial charge is 0.393 e. The van der Waals surface area contributed by atoms with Gasteiger partial charge in [-0.25, -0.2) is 0 Å². The Labute approximate surface area is 184 Å². The number of aliphatic hydroxyl groups excluding tert-OH is 2. The summed E-state index contributed by atoms with van der Waals surface area (Å²) in [5.74, 6) is 2.31. The van der Waals surface area contributed by atoms with Crippen LogP contribution in [0, 0.1) is 29.1 Å². The van der Waals surface area contributed by atoms with Crippen LogP contribution in [0.4, 0.5) is 0 Å². The van der Waals surface area contributed by atoms with Gasteiger partial charge in [0.05, 0.1) is 17.8 Å². The Balaban J connectivity index is 1.69. The lowest BCUT2D eigenvalue weighted by atomic mass is 9.60. The van der Waals surface area contributed by atoms with Crippen molar-refractivity contribution in [3.05, 3.63) is 23.3 Å². The smallest absolute Gasteiger partial charge is 0.0627 e. The molecule has 3 heteroatoms. The third-order valence-electron chi connectivity index (χ3n) is 8.83. The topological polar surface area (TPSA) is 60.7 Å². The van der Waals surface area contributed by atoms with Gasteiger partial charge in [0.1, 0.15) is 0 Å². The van der Waals surface area contributed by atoms with Crippen molar-refractivity contribution in [2.24, 2.45) is 29.1 Å². The Bertz CT molecular complexity index is 643. The molecule has 0 aliphatic heterocycles. The SMILES string of the molecule is C[C@@H]1C(=CC=C2CCC[C@]3(C)[C@@H]([C@H](C)CCCC(C)(C)O)CC[C@@H]23)CC(O)CC1O. The number of hydrogen-bond acceptors (Lipinski definition) is 3. The predicted octanol–water partition coefficient (Wildman–Crippen LogP) is 5.78. The van der Waals surface area contributed by atoms with Crippen LogP contribution >= 0.6 is 0 Å². The Morgan fingerprint density at radius 3 is 2.57 bits per heavy atom. The molecule has 3 aliphatic rings. The van der Waals surface area contributed by atoms with Gasteiger partial charge in [-0.1, -0.05) is 56.9 Å². The van der Waals surface area contributed by atoms with Crippen LogP contribution in [0.2, 0.25) is 0 Å². The van der Waals surface area contributed by atoms with E-state index in [4.69, 9.17) is 0 Å². The lowest BCUT2D eigenvalue weighted by Gasteiger charge is -2.44. The molecule has 3 N–H and O–H groups in total. The van der Waals surface area contributed by atoms with E-state index < -0.39 is 17.8 Å². The van der Waals surface area contributed by atoms with E-state index in [0.29, 0.717) is 30.1 Å². The standard InChI is InChI=1S/C27H46O3/c1-18(8-6-14-26(3,4)30)23-12-13-24-20(9-7-15-27(23,24)5)10-11-21-16-22(28)17-25(29)19(21)2/h10-11,18-19,22-25,28-30H,6-9,12-17H2,1-5H3/t18-,19-,22?,23-,24+,25?,27-/m1/s1. The highest BCUT2D eigenvalue weighted by Crippen LogP contribution is 2.60. The second kappa shape index (κ2) is 9.46. The summed E-state index contributed by atoms with van der Waals surface area (Å²) < 4.78 is 0. The Morgan fingerprint density at radius 1 is 1.17 bits per heavy atom. The molecule has 0 saturated heterocycles. The molecule has 0 aromatic heterocycles. The highest BCUT2D eigenvalue weighted by atomic mass is 16.3. The molecule has 3 fully saturated rings. The highest BCUT2D eigenvalue weighted by molar-refractivity contribution is 5.27. The molecule has 7 atom stereocenters. The van der Waals surface area contributed by atoms with Crippen molar-refractivity contribution in [2.75, 3.05) is 0 Å². The zero-order valence-electron chi connectivity index (χ0n) is 20.0. The van der Waals surface area contributed by atoms with Gasteiger partial charge in [-0.05, 0) is 82.0 Å². The summed E-state index contributed by atoms with van der Waals surface area (Å²) in [5.41, 5.74) is 2.65. The van der Waals surface area contributed by atoms with Crippen molar-refractivity contribution in [1.82, 2.24) is 0 Å². The normalized spacial score (nSPS) is 41.3. The molecule has 0 spiro atoms. The predicted molar refractivity (Wildman–Crippen MR) is 124 cm³/mol. The zero-order chi connectivity index (χ0) is 22.1. The van der Waals surface area contributed by atoms with Gasteiger partial charge >= 0.3 is 0 Å². The number of fused-ring (bicyclic) bond motifs is 1. The monoisotopic (exact) mass is 418 g/mol. The molecule has 30 heavy (non-hydrogen) atoms. The minimum absolute atomic E-state index is 0.146. The molecule has 172 valence electrons. The van der Waals surface area contributed by atoms with Crippen LogP contribution < -0.4 is 0 Å². The molecular formula is C27H46O3. The maximum absolute atomic E-state index is 10.2. The van der Waals surface area contributed by atoms with Crippen molar-refractivity contribution in [2.45, 2.75) is 117 Å². The zero-order valence-corrected chi connectivity index (χ0v) is 20.0. The van der Waals surface area contributed by atoms with Crippen LogP contribution in [-0.4, -0.2) is 33.1 Å². The van der Waals surface area contributed by atoms with E-state index in [2.05, 4.69) is 32.9 Å². The fourth-order valence-corrected chi connectivity index (χ4v) is 6.98. The fourth-order valence-electron chi connectivity index (χ4n) is 6.98. The third kappa shape index (κ3) is 5.40. The first-order chi connectivity index (χ1) is 14.0. The molecule has 0 aromatic carbocycles. The van der Waals surface area contributed by atoms with E-state index in [9.17, 15) is 15.3 Å². The van der Waals surface area contributed by atoms with Crippen LogP contribution in [-0.2, 0) is 0 Å². The first-order valence-corrected chi connectivity index (χ1v) is 12.5. The summed E-state index contributed by atoms with van der Waals surface area (Å²) in [6.07, 6.45) is 14.6. The average molecular weight is 419 g/mol. The quantitative estimate of drug-likeness (QED) is 0.512. The van der Waals surface area contributed by atoms with Gasteiger partial charge in [0, 0.05) is 12.3 Å². The summed E-state index contributed by atoms with van der Waals surface area (Å²) in [6.45, 7) is 10.9. The second-order valence-corrected chi connectivity index (χ2v) is 11.7. The summed E-state index contributed by atoms with van der Waals surface area (Å²) in [6, 6.07) is 0. The molecule has 0 amide bonds. The third-order valence-corrected chi connectivity index (χ3v) is 8.83. The molecule has 0 aromatic rings. The lowest BCUT2D eigenvalue weighted by molar-refractivity contribution is 0.0332. The maximum atomic E-state index is 10.2. The molecule has 0 bridgehead atoms. The van der Waals surface area contributed by atoms with Crippen molar-refractivity contribution < 1.29 is 15.3 Å². The minimum Gasteiger partial charge on any atom is -0.393 e. The van der Waals surface area contributed by atoms with E-state index >= 15 is 0 Å². The molecule has 2 unspecified atom stereocenters. The number of allylic oxidation sites excluding steroid dienone is 3. The van der Waals surface area contributed by atoms with Crippen LogP contribution in [0.1, 0.15) is 98.8 Å². The molecule has 3 nitrogen and oxygen atoms in total. The molecule has 3 saturated carbocycles. The number of hydrogen-bond donors (Lipinski definition) is 3. The Morgan fingerprint density at radius 2 is 1.87 bits per heavy atom. The van der Waals surface area contributed by atoms with E-state index in [1.807, 2.05) is 13.8 Å². The van der Waals surface area contributed by atoms with E-state index in [1.54, 1.807) is 5.57 Å². The van der Waals surface area contributed by atoms with Crippen LogP contribution in [0.3, 0.4) is 0 Å². The summed E-state index contributed by atoms with van der Waals surface area (Å²) in [5, 5.41) is 30.3. The fraction of sp³-hybridized carbons (Fsp3) is 0.852. The molecule has 0 radical (unpaired) electrons. The molecular weight excluding hydrogens is 372 g/mol. The van der Waals surface area contributed by atoms with Crippen molar-refractivity contribution in [3.8, 4) is 0 Å². The van der Waals surface area contributed by atoms with E-state index in [1.165, 1.54) is 44.1 Å². The summed E-state index contributed by atoms with van der Waals surface area (Å²) in [4.78, 5) is 0. The Hall–Kier alpha value is -0.640. The maximum Gasteiger partial charge on any atom is 0.0627 e. The van der Waals surface area contributed by atoms with Crippen molar-refractivity contribution in [3.63, 3.8) is 0 Å². The molecule has 3 aliphatic carbocycles. The van der Waals surface area contributed by atoms with Crippen LogP contribution in [0.15, 0.2) is 23.3 Å². The van der Waals surface area contributed by atoms with Gasteiger partial charge in [-0.15, -0.1) is 0 Å². The summed E-state index contributed by atoms with van der Waals surface area (Å²) >= 11 is 0. The highest BCUT2D eigenvalue weighted by Gasteiger charge is 2.50. The van der Waals surface area contributed by atoms with E-state index in [0.717, 1.165) is 18.8 Å². The first kappa shape index (κ1) is 24.0. The molecule has 3 rings (SSSR count). The molecule has 0 heterocycles. The van der Waals surface area contributed by atoms with Gasteiger partial charge in [0.25, 0.3) is 0 Å². The Kier molecular flexibility index (Phi) is 7.58. The van der Waals surface area contributed by atoms with Gasteiger partial charge in [-0.3, -0.25) is 0 Å². The van der Waals surface area contributed by atoms with Crippen molar-refractivity contribution >= 4 is 0 Å². The summed E-state index contributed by atoms with van der Waals surface area (Å²) in [7, 11) is 0.